The standard InChI is InChI=1S/C20H18N2O5S/c1-13(15-6-5-7-17(10-15)22(24)25)27-20(23)18-8-3-4-9-19(18)26-11-16-12-28-14(2)21-16/h3-10,12-13H,11H2,1-2H3/t13-/m0/s1. The van der Waals surface area contributed by atoms with Gasteiger partial charge in [-0.3, -0.25) is 10.1 Å². The highest BCUT2D eigenvalue weighted by atomic mass is 32.1. The molecule has 1 atom stereocenters. The topological polar surface area (TPSA) is 91.6 Å². The summed E-state index contributed by atoms with van der Waals surface area (Å²) in [7, 11) is 0. The highest BCUT2D eigenvalue weighted by molar-refractivity contribution is 7.09. The fourth-order valence-electron chi connectivity index (χ4n) is 2.57. The van der Waals surface area contributed by atoms with E-state index in [-0.39, 0.29) is 17.9 Å². The Kier molecular flexibility index (Phi) is 6.00. The zero-order valence-electron chi connectivity index (χ0n) is 15.3. The Hall–Kier alpha value is -3.26. The van der Waals surface area contributed by atoms with Crippen molar-refractivity contribution in [2.24, 2.45) is 0 Å². The minimum Gasteiger partial charge on any atom is -0.486 e. The number of non-ortho nitro benzene ring substituents is 1. The maximum absolute atomic E-state index is 12.6. The van der Waals surface area contributed by atoms with E-state index in [1.165, 1.54) is 23.5 Å². The molecule has 0 spiro atoms. The van der Waals surface area contributed by atoms with Gasteiger partial charge in [0, 0.05) is 17.5 Å². The second-order valence-corrected chi connectivity index (χ2v) is 7.10. The van der Waals surface area contributed by atoms with Crippen LogP contribution < -0.4 is 4.74 Å². The van der Waals surface area contributed by atoms with E-state index >= 15 is 0 Å². The van der Waals surface area contributed by atoms with Crippen molar-refractivity contribution in [2.45, 2.75) is 26.6 Å². The first kappa shape index (κ1) is 19.5. The zero-order chi connectivity index (χ0) is 20.1. The quantitative estimate of drug-likeness (QED) is 0.321. The minimum atomic E-state index is -0.651. The van der Waals surface area contributed by atoms with Gasteiger partial charge >= 0.3 is 5.97 Å². The molecule has 0 radical (unpaired) electrons. The summed E-state index contributed by atoms with van der Waals surface area (Å²) in [5, 5.41) is 13.8. The van der Waals surface area contributed by atoms with E-state index in [2.05, 4.69) is 4.98 Å². The largest absolute Gasteiger partial charge is 0.486 e. The first-order chi connectivity index (χ1) is 13.4. The molecule has 0 aliphatic heterocycles. The lowest BCUT2D eigenvalue weighted by atomic mass is 10.1. The van der Waals surface area contributed by atoms with E-state index in [1.807, 2.05) is 12.3 Å². The van der Waals surface area contributed by atoms with Crippen LogP contribution in [0.25, 0.3) is 0 Å². The van der Waals surface area contributed by atoms with Crippen molar-refractivity contribution in [1.29, 1.82) is 0 Å². The molecular formula is C20H18N2O5S. The Morgan fingerprint density at radius 3 is 2.75 bits per heavy atom. The van der Waals surface area contributed by atoms with Gasteiger partial charge in [-0.15, -0.1) is 11.3 Å². The SMILES string of the molecule is Cc1nc(COc2ccccc2C(=O)O[C@@H](C)c2cccc([N+](=O)[O-])c2)cs1. The predicted molar refractivity (Wildman–Crippen MR) is 105 cm³/mol. The highest BCUT2D eigenvalue weighted by Gasteiger charge is 2.19. The van der Waals surface area contributed by atoms with Crippen LogP contribution in [-0.4, -0.2) is 15.9 Å². The molecule has 0 saturated carbocycles. The molecule has 1 aromatic heterocycles. The molecule has 2 aromatic carbocycles. The van der Waals surface area contributed by atoms with Crippen LogP contribution in [-0.2, 0) is 11.3 Å². The van der Waals surface area contributed by atoms with Gasteiger partial charge in [0.1, 0.15) is 24.0 Å². The summed E-state index contributed by atoms with van der Waals surface area (Å²) in [6.45, 7) is 3.82. The molecule has 28 heavy (non-hydrogen) atoms. The lowest BCUT2D eigenvalue weighted by Crippen LogP contribution is -2.11. The van der Waals surface area contributed by atoms with E-state index < -0.39 is 17.0 Å². The van der Waals surface area contributed by atoms with Gasteiger partial charge in [-0.1, -0.05) is 24.3 Å². The van der Waals surface area contributed by atoms with Crippen molar-refractivity contribution in [2.75, 3.05) is 0 Å². The number of thiazole rings is 1. The average Bonchev–Trinajstić information content (AvgIpc) is 3.11. The fourth-order valence-corrected chi connectivity index (χ4v) is 3.17. The Bertz CT molecular complexity index is 1000. The molecule has 0 unspecified atom stereocenters. The third kappa shape index (κ3) is 4.72. The van der Waals surface area contributed by atoms with Crippen LogP contribution in [0.5, 0.6) is 5.75 Å². The third-order valence-electron chi connectivity index (χ3n) is 3.98. The summed E-state index contributed by atoms with van der Waals surface area (Å²) in [5.74, 6) is -0.173. The molecule has 0 fully saturated rings. The molecule has 3 aromatic rings. The van der Waals surface area contributed by atoms with E-state index in [9.17, 15) is 14.9 Å². The molecule has 0 aliphatic carbocycles. The van der Waals surface area contributed by atoms with Crippen molar-refractivity contribution >= 4 is 23.0 Å². The van der Waals surface area contributed by atoms with Crippen molar-refractivity contribution in [3.05, 3.63) is 85.9 Å². The summed E-state index contributed by atoms with van der Waals surface area (Å²) in [5.41, 5.74) is 1.56. The van der Waals surface area contributed by atoms with Crippen LogP contribution in [0.3, 0.4) is 0 Å². The number of para-hydroxylation sites is 1. The number of esters is 1. The van der Waals surface area contributed by atoms with Crippen molar-refractivity contribution in [3.63, 3.8) is 0 Å². The number of nitrogens with zero attached hydrogens (tertiary/aromatic N) is 2. The van der Waals surface area contributed by atoms with Crippen LogP contribution in [0, 0.1) is 17.0 Å². The maximum Gasteiger partial charge on any atom is 0.342 e. The van der Waals surface area contributed by atoms with Crippen molar-refractivity contribution in [1.82, 2.24) is 4.98 Å². The summed E-state index contributed by atoms with van der Waals surface area (Å²) >= 11 is 1.53. The smallest absolute Gasteiger partial charge is 0.342 e. The summed E-state index contributed by atoms with van der Waals surface area (Å²) < 4.78 is 11.2. The van der Waals surface area contributed by atoms with Gasteiger partial charge in [-0.25, -0.2) is 9.78 Å². The second-order valence-electron chi connectivity index (χ2n) is 6.04. The molecular weight excluding hydrogens is 380 g/mol. The Balaban J connectivity index is 1.72. The van der Waals surface area contributed by atoms with Crippen LogP contribution in [0.4, 0.5) is 5.69 Å². The number of benzene rings is 2. The number of rotatable bonds is 7. The van der Waals surface area contributed by atoms with E-state index in [0.717, 1.165) is 10.7 Å². The Morgan fingerprint density at radius 2 is 2.04 bits per heavy atom. The van der Waals surface area contributed by atoms with Crippen molar-refractivity contribution < 1.29 is 19.2 Å². The normalized spacial score (nSPS) is 11.6. The molecule has 144 valence electrons. The second kappa shape index (κ2) is 8.62. The number of hydrogen-bond acceptors (Lipinski definition) is 7. The molecule has 8 heteroatoms. The number of nitro benzene ring substituents is 1. The summed E-state index contributed by atoms with van der Waals surface area (Å²) in [4.78, 5) is 27.4. The first-order valence-electron chi connectivity index (χ1n) is 8.52. The molecule has 0 amide bonds. The van der Waals surface area contributed by atoms with Gasteiger partial charge in [0.05, 0.1) is 15.6 Å². The van der Waals surface area contributed by atoms with Crippen LogP contribution in [0.2, 0.25) is 0 Å². The number of hydrogen-bond donors (Lipinski definition) is 0. The molecule has 0 saturated heterocycles. The molecule has 1 heterocycles. The third-order valence-corrected chi connectivity index (χ3v) is 4.81. The van der Waals surface area contributed by atoms with Gasteiger partial charge in [-0.05, 0) is 31.5 Å². The minimum absolute atomic E-state index is 0.0531. The Morgan fingerprint density at radius 1 is 1.25 bits per heavy atom. The number of ether oxygens (including phenoxy) is 2. The molecule has 0 N–H and O–H groups in total. The zero-order valence-corrected chi connectivity index (χ0v) is 16.1. The van der Waals surface area contributed by atoms with E-state index in [1.54, 1.807) is 43.3 Å². The fraction of sp³-hybridized carbons (Fsp3) is 0.200. The number of nitro groups is 1. The molecule has 3 rings (SSSR count). The predicted octanol–water partition coefficient (Wildman–Crippen LogP) is 4.86. The molecule has 0 bridgehead atoms. The lowest BCUT2D eigenvalue weighted by Gasteiger charge is -2.15. The molecule has 7 nitrogen and oxygen atoms in total. The van der Waals surface area contributed by atoms with Crippen LogP contribution >= 0.6 is 11.3 Å². The summed E-state index contributed by atoms with van der Waals surface area (Å²) in [6.07, 6.45) is -0.651. The number of aromatic nitrogens is 1. The van der Waals surface area contributed by atoms with Gasteiger partial charge < -0.3 is 9.47 Å². The first-order valence-corrected chi connectivity index (χ1v) is 9.40. The molecule has 0 aliphatic rings. The van der Waals surface area contributed by atoms with Crippen molar-refractivity contribution in [3.8, 4) is 5.75 Å². The number of aryl methyl sites for hydroxylation is 1. The van der Waals surface area contributed by atoms with Crippen LogP contribution in [0.1, 0.15) is 39.7 Å². The van der Waals surface area contributed by atoms with Gasteiger partial charge in [0.15, 0.2) is 0 Å². The summed E-state index contributed by atoms with van der Waals surface area (Å²) in [6, 6.07) is 12.8. The van der Waals surface area contributed by atoms with Crippen LogP contribution in [0.15, 0.2) is 53.9 Å². The van der Waals surface area contributed by atoms with E-state index in [4.69, 9.17) is 9.47 Å². The van der Waals surface area contributed by atoms with E-state index in [0.29, 0.717) is 11.3 Å². The lowest BCUT2D eigenvalue weighted by molar-refractivity contribution is -0.385. The highest BCUT2D eigenvalue weighted by Crippen LogP contribution is 2.26. The van der Waals surface area contributed by atoms with Gasteiger partial charge in [0.2, 0.25) is 0 Å². The Labute approximate surface area is 165 Å². The number of carbonyl (C=O) groups is 1. The average molecular weight is 398 g/mol. The van der Waals surface area contributed by atoms with Gasteiger partial charge in [-0.2, -0.15) is 0 Å². The monoisotopic (exact) mass is 398 g/mol. The maximum atomic E-state index is 12.6. The number of carbonyl (C=O) groups excluding carboxylic acids is 1. The van der Waals surface area contributed by atoms with Gasteiger partial charge in [0.25, 0.3) is 5.69 Å².